The number of aryl methyl sites for hydroxylation is 2. The van der Waals surface area contributed by atoms with Gasteiger partial charge in [-0.2, -0.15) is 0 Å². The number of hydrogen-bond donors (Lipinski definition) is 2. The van der Waals surface area contributed by atoms with Gasteiger partial charge in [-0.15, -0.1) is 0 Å². The van der Waals surface area contributed by atoms with Crippen molar-refractivity contribution in [1.82, 2.24) is 10.3 Å². The summed E-state index contributed by atoms with van der Waals surface area (Å²) in [6.07, 6.45) is 1.80. The molecule has 2 N–H and O–H groups in total. The summed E-state index contributed by atoms with van der Waals surface area (Å²) in [6, 6.07) is 9.78. The highest BCUT2D eigenvalue weighted by atomic mass is 16.3. The number of aromatic hydroxyl groups is 1. The average molecular weight is 242 g/mol. The number of rotatable bonds is 4. The SMILES string of the molecule is Cc1cccnc1CNCc1cccc(C)c1O. The molecule has 1 aromatic heterocycles. The lowest BCUT2D eigenvalue weighted by Crippen LogP contribution is -2.14. The second-order valence-electron chi connectivity index (χ2n) is 4.45. The number of para-hydroxylation sites is 1. The number of pyridine rings is 1. The van der Waals surface area contributed by atoms with Gasteiger partial charge in [0, 0.05) is 24.8 Å². The molecule has 0 spiro atoms. The third-order valence-corrected chi connectivity index (χ3v) is 3.05. The van der Waals surface area contributed by atoms with E-state index in [1.54, 1.807) is 6.20 Å². The maximum absolute atomic E-state index is 9.89. The molecule has 94 valence electrons. The lowest BCUT2D eigenvalue weighted by Gasteiger charge is -2.09. The fourth-order valence-corrected chi connectivity index (χ4v) is 1.88. The van der Waals surface area contributed by atoms with Crippen LogP contribution in [0.15, 0.2) is 36.5 Å². The normalized spacial score (nSPS) is 10.6. The van der Waals surface area contributed by atoms with E-state index in [0.29, 0.717) is 18.8 Å². The van der Waals surface area contributed by atoms with Crippen LogP contribution in [0, 0.1) is 13.8 Å². The minimum atomic E-state index is 0.378. The summed E-state index contributed by atoms with van der Waals surface area (Å²) >= 11 is 0. The fourth-order valence-electron chi connectivity index (χ4n) is 1.88. The van der Waals surface area contributed by atoms with Gasteiger partial charge in [-0.1, -0.05) is 24.3 Å². The monoisotopic (exact) mass is 242 g/mol. The molecule has 3 nitrogen and oxygen atoms in total. The molecule has 2 aromatic rings. The van der Waals surface area contributed by atoms with Crippen molar-refractivity contribution in [3.63, 3.8) is 0 Å². The Labute approximate surface area is 108 Å². The second kappa shape index (κ2) is 5.65. The van der Waals surface area contributed by atoms with E-state index >= 15 is 0 Å². The maximum Gasteiger partial charge on any atom is 0.122 e. The van der Waals surface area contributed by atoms with E-state index in [-0.39, 0.29) is 0 Å². The van der Waals surface area contributed by atoms with Crippen molar-refractivity contribution in [1.29, 1.82) is 0 Å². The van der Waals surface area contributed by atoms with Crippen LogP contribution in [0.2, 0.25) is 0 Å². The van der Waals surface area contributed by atoms with E-state index in [2.05, 4.69) is 10.3 Å². The molecule has 0 aliphatic heterocycles. The summed E-state index contributed by atoms with van der Waals surface area (Å²) in [5, 5.41) is 13.2. The Bertz CT molecular complexity index is 538. The van der Waals surface area contributed by atoms with E-state index in [0.717, 1.165) is 16.8 Å². The maximum atomic E-state index is 9.89. The highest BCUT2D eigenvalue weighted by Gasteiger charge is 2.03. The molecule has 0 aliphatic carbocycles. The van der Waals surface area contributed by atoms with Gasteiger partial charge in [0.15, 0.2) is 0 Å². The van der Waals surface area contributed by atoms with E-state index in [4.69, 9.17) is 0 Å². The van der Waals surface area contributed by atoms with Crippen molar-refractivity contribution < 1.29 is 5.11 Å². The zero-order valence-electron chi connectivity index (χ0n) is 10.8. The summed E-state index contributed by atoms with van der Waals surface area (Å²) in [7, 11) is 0. The van der Waals surface area contributed by atoms with E-state index in [1.165, 1.54) is 5.56 Å². The Morgan fingerprint density at radius 1 is 1.06 bits per heavy atom. The van der Waals surface area contributed by atoms with Crippen LogP contribution in [0.25, 0.3) is 0 Å². The molecule has 0 bridgehead atoms. The molecule has 0 saturated carbocycles. The fraction of sp³-hybridized carbons (Fsp3) is 0.267. The van der Waals surface area contributed by atoms with Gasteiger partial charge in [-0.3, -0.25) is 4.98 Å². The van der Waals surface area contributed by atoms with Crippen LogP contribution < -0.4 is 5.32 Å². The van der Waals surface area contributed by atoms with E-state index in [9.17, 15) is 5.11 Å². The first kappa shape index (κ1) is 12.6. The van der Waals surface area contributed by atoms with Crippen LogP contribution in [0.3, 0.4) is 0 Å². The minimum absolute atomic E-state index is 0.378. The molecule has 0 atom stereocenters. The van der Waals surface area contributed by atoms with Gasteiger partial charge in [-0.05, 0) is 31.0 Å². The summed E-state index contributed by atoms with van der Waals surface area (Å²) in [5.41, 5.74) is 4.05. The second-order valence-corrected chi connectivity index (χ2v) is 4.45. The first-order chi connectivity index (χ1) is 8.68. The Kier molecular flexibility index (Phi) is 3.95. The van der Waals surface area contributed by atoms with Crippen LogP contribution >= 0.6 is 0 Å². The Hall–Kier alpha value is -1.87. The predicted octanol–water partition coefficient (Wildman–Crippen LogP) is 2.69. The molecular weight excluding hydrogens is 224 g/mol. The van der Waals surface area contributed by atoms with Crippen molar-refractivity contribution in [3.8, 4) is 5.75 Å². The molecule has 0 saturated heterocycles. The van der Waals surface area contributed by atoms with Crippen LogP contribution in [-0.4, -0.2) is 10.1 Å². The lowest BCUT2D eigenvalue weighted by molar-refractivity contribution is 0.460. The molecule has 1 heterocycles. The third kappa shape index (κ3) is 2.87. The summed E-state index contributed by atoms with van der Waals surface area (Å²) in [5.74, 6) is 0.378. The molecule has 18 heavy (non-hydrogen) atoms. The summed E-state index contributed by atoms with van der Waals surface area (Å²) in [4.78, 5) is 4.32. The van der Waals surface area contributed by atoms with Crippen molar-refractivity contribution in [2.75, 3.05) is 0 Å². The van der Waals surface area contributed by atoms with Crippen molar-refractivity contribution in [3.05, 3.63) is 58.9 Å². The molecule has 0 aliphatic rings. The number of hydrogen-bond acceptors (Lipinski definition) is 3. The largest absolute Gasteiger partial charge is 0.507 e. The topological polar surface area (TPSA) is 45.2 Å². The van der Waals surface area contributed by atoms with E-state index in [1.807, 2.05) is 44.2 Å². The average Bonchev–Trinajstić information content (AvgIpc) is 2.37. The zero-order valence-corrected chi connectivity index (χ0v) is 10.8. The predicted molar refractivity (Wildman–Crippen MR) is 72.4 cm³/mol. The lowest BCUT2D eigenvalue weighted by atomic mass is 10.1. The van der Waals surface area contributed by atoms with Crippen LogP contribution in [0.4, 0.5) is 0 Å². The number of nitrogens with zero attached hydrogens (tertiary/aromatic N) is 1. The molecule has 0 fully saturated rings. The van der Waals surface area contributed by atoms with Gasteiger partial charge < -0.3 is 10.4 Å². The number of phenols is 1. The highest BCUT2D eigenvalue weighted by molar-refractivity contribution is 5.39. The minimum Gasteiger partial charge on any atom is -0.507 e. The Balaban J connectivity index is 1.97. The van der Waals surface area contributed by atoms with Gasteiger partial charge in [0.2, 0.25) is 0 Å². The molecule has 0 amide bonds. The van der Waals surface area contributed by atoms with Gasteiger partial charge >= 0.3 is 0 Å². The smallest absolute Gasteiger partial charge is 0.122 e. The number of nitrogens with one attached hydrogen (secondary N) is 1. The number of phenolic OH excluding ortho intramolecular Hbond substituents is 1. The molecule has 0 radical (unpaired) electrons. The number of benzene rings is 1. The summed E-state index contributed by atoms with van der Waals surface area (Å²) < 4.78 is 0. The molecule has 3 heteroatoms. The van der Waals surface area contributed by atoms with Gasteiger partial charge in [0.1, 0.15) is 5.75 Å². The van der Waals surface area contributed by atoms with Crippen LogP contribution in [-0.2, 0) is 13.1 Å². The zero-order chi connectivity index (χ0) is 13.0. The number of aromatic nitrogens is 1. The quantitative estimate of drug-likeness (QED) is 0.866. The van der Waals surface area contributed by atoms with E-state index < -0.39 is 0 Å². The summed E-state index contributed by atoms with van der Waals surface area (Å²) in [6.45, 7) is 5.31. The Morgan fingerprint density at radius 3 is 2.61 bits per heavy atom. The van der Waals surface area contributed by atoms with Crippen molar-refractivity contribution >= 4 is 0 Å². The van der Waals surface area contributed by atoms with Gasteiger partial charge in [0.25, 0.3) is 0 Å². The van der Waals surface area contributed by atoms with Gasteiger partial charge in [-0.25, -0.2) is 0 Å². The highest BCUT2D eigenvalue weighted by Crippen LogP contribution is 2.21. The third-order valence-electron chi connectivity index (χ3n) is 3.05. The van der Waals surface area contributed by atoms with Crippen molar-refractivity contribution in [2.24, 2.45) is 0 Å². The standard InChI is InChI=1S/C15H18N2O/c1-11-6-4-8-17-14(11)10-16-9-13-7-3-5-12(2)15(13)18/h3-8,16,18H,9-10H2,1-2H3. The first-order valence-corrected chi connectivity index (χ1v) is 6.07. The molecule has 0 unspecified atom stereocenters. The molecule has 2 rings (SSSR count). The van der Waals surface area contributed by atoms with Crippen LogP contribution in [0.5, 0.6) is 5.75 Å². The van der Waals surface area contributed by atoms with Crippen LogP contribution in [0.1, 0.15) is 22.4 Å². The molecule has 1 aromatic carbocycles. The van der Waals surface area contributed by atoms with Crippen molar-refractivity contribution in [2.45, 2.75) is 26.9 Å². The van der Waals surface area contributed by atoms with Gasteiger partial charge in [0.05, 0.1) is 5.69 Å². The molecular formula is C15H18N2O. The first-order valence-electron chi connectivity index (χ1n) is 6.07. The Morgan fingerprint density at radius 2 is 1.83 bits per heavy atom.